The minimum atomic E-state index is -1.82. The number of amides is 2. The standard InChI is InChI=1S/C17H23NO10/c1-9(25-10(2)19)15(23)26-11(8-14(22)27-17(3,4)5)16(24)28-18-12(20)6-7-13(18)21/h9,11H,6-8H2,1-5H3. The molecule has 0 aliphatic carbocycles. The highest BCUT2D eigenvalue weighted by atomic mass is 16.7. The summed E-state index contributed by atoms with van der Waals surface area (Å²) in [5, 5.41) is 0.258. The highest BCUT2D eigenvalue weighted by Crippen LogP contribution is 2.16. The number of carbonyl (C=O) groups is 6. The lowest BCUT2D eigenvalue weighted by Crippen LogP contribution is -2.41. The topological polar surface area (TPSA) is 143 Å². The molecule has 0 bridgehead atoms. The maximum Gasteiger partial charge on any atom is 0.374 e. The van der Waals surface area contributed by atoms with Crippen LogP contribution >= 0.6 is 0 Å². The molecule has 0 saturated carbocycles. The number of ether oxygens (including phenoxy) is 3. The van der Waals surface area contributed by atoms with Gasteiger partial charge in [0.1, 0.15) is 5.60 Å². The van der Waals surface area contributed by atoms with Crippen molar-refractivity contribution in [3.05, 3.63) is 0 Å². The molecule has 1 aliphatic heterocycles. The summed E-state index contributed by atoms with van der Waals surface area (Å²) in [6.45, 7) is 7.05. The lowest BCUT2D eigenvalue weighted by molar-refractivity contribution is -0.208. The number of rotatable bonds is 7. The van der Waals surface area contributed by atoms with E-state index in [1.165, 1.54) is 6.92 Å². The molecule has 0 N–H and O–H groups in total. The molecule has 28 heavy (non-hydrogen) atoms. The van der Waals surface area contributed by atoms with Gasteiger partial charge >= 0.3 is 23.9 Å². The number of hydroxylamine groups is 2. The van der Waals surface area contributed by atoms with E-state index >= 15 is 0 Å². The predicted molar refractivity (Wildman–Crippen MR) is 88.7 cm³/mol. The van der Waals surface area contributed by atoms with Crippen molar-refractivity contribution in [1.29, 1.82) is 0 Å². The lowest BCUT2D eigenvalue weighted by Gasteiger charge is -2.23. The first kappa shape index (κ1) is 23.1. The third-order valence-corrected chi connectivity index (χ3v) is 3.16. The number of carbonyl (C=O) groups excluding carboxylic acids is 6. The van der Waals surface area contributed by atoms with Gasteiger partial charge in [-0.05, 0) is 27.7 Å². The van der Waals surface area contributed by atoms with E-state index in [9.17, 15) is 28.8 Å². The Bertz CT molecular complexity index is 662. The van der Waals surface area contributed by atoms with Crippen LogP contribution in [0.1, 0.15) is 53.9 Å². The van der Waals surface area contributed by atoms with E-state index in [2.05, 4.69) is 4.74 Å². The summed E-state index contributed by atoms with van der Waals surface area (Å²) in [6.07, 6.45) is -4.17. The summed E-state index contributed by atoms with van der Waals surface area (Å²) >= 11 is 0. The third-order valence-electron chi connectivity index (χ3n) is 3.16. The third kappa shape index (κ3) is 7.33. The van der Waals surface area contributed by atoms with Gasteiger partial charge in [-0.25, -0.2) is 9.59 Å². The van der Waals surface area contributed by atoms with Gasteiger partial charge < -0.3 is 19.0 Å². The second kappa shape index (κ2) is 9.29. The van der Waals surface area contributed by atoms with E-state index in [4.69, 9.17) is 14.3 Å². The van der Waals surface area contributed by atoms with Gasteiger partial charge in [0.25, 0.3) is 11.8 Å². The first-order chi connectivity index (χ1) is 12.8. The number of hydrogen-bond donors (Lipinski definition) is 0. The Labute approximate surface area is 161 Å². The molecule has 2 amide bonds. The summed E-state index contributed by atoms with van der Waals surface area (Å²) in [5.41, 5.74) is -0.874. The quantitative estimate of drug-likeness (QED) is 0.329. The predicted octanol–water partition coefficient (Wildman–Crippen LogP) is 0.189. The molecule has 1 heterocycles. The molecule has 0 aromatic heterocycles. The molecule has 2 atom stereocenters. The molecular formula is C17H23NO10. The van der Waals surface area contributed by atoms with Crippen molar-refractivity contribution in [2.24, 2.45) is 0 Å². The van der Waals surface area contributed by atoms with E-state index in [1.807, 2.05) is 0 Å². The molecule has 1 saturated heterocycles. The van der Waals surface area contributed by atoms with Gasteiger partial charge in [-0.1, -0.05) is 0 Å². The smallest absolute Gasteiger partial charge is 0.374 e. The zero-order chi connectivity index (χ0) is 21.6. The van der Waals surface area contributed by atoms with Gasteiger partial charge in [0, 0.05) is 19.8 Å². The molecular weight excluding hydrogens is 378 g/mol. The Morgan fingerprint density at radius 1 is 1.00 bits per heavy atom. The number of hydrogen-bond acceptors (Lipinski definition) is 10. The number of esters is 3. The summed E-state index contributed by atoms with van der Waals surface area (Å²) in [4.78, 5) is 75.1. The van der Waals surface area contributed by atoms with E-state index in [0.29, 0.717) is 0 Å². The highest BCUT2D eigenvalue weighted by Gasteiger charge is 2.38. The SMILES string of the molecule is CC(=O)OC(C)C(=O)OC(CC(=O)OC(C)(C)C)C(=O)ON1C(=O)CCC1=O. The Morgan fingerprint density at radius 2 is 1.54 bits per heavy atom. The van der Waals surface area contributed by atoms with Crippen molar-refractivity contribution in [1.82, 2.24) is 5.06 Å². The summed E-state index contributed by atoms with van der Waals surface area (Å²) < 4.78 is 14.6. The zero-order valence-corrected chi connectivity index (χ0v) is 16.3. The van der Waals surface area contributed by atoms with Crippen molar-refractivity contribution in [2.45, 2.75) is 71.7 Å². The summed E-state index contributed by atoms with van der Waals surface area (Å²) in [6, 6.07) is 0. The molecule has 0 spiro atoms. The molecule has 0 aromatic carbocycles. The molecule has 11 heteroatoms. The van der Waals surface area contributed by atoms with Gasteiger partial charge in [-0.3, -0.25) is 19.2 Å². The minimum absolute atomic E-state index is 0.133. The number of nitrogens with zero attached hydrogens (tertiary/aromatic N) is 1. The van der Waals surface area contributed by atoms with E-state index in [1.54, 1.807) is 20.8 Å². The zero-order valence-electron chi connectivity index (χ0n) is 16.3. The summed E-state index contributed by atoms with van der Waals surface area (Å²) in [5.74, 6) is -5.58. The Balaban J connectivity index is 2.89. The maximum absolute atomic E-state index is 12.3. The van der Waals surface area contributed by atoms with Crippen LogP contribution in [0.4, 0.5) is 0 Å². The van der Waals surface area contributed by atoms with Crippen LogP contribution in [0.15, 0.2) is 0 Å². The van der Waals surface area contributed by atoms with Crippen molar-refractivity contribution in [2.75, 3.05) is 0 Å². The average Bonchev–Trinajstić information content (AvgIpc) is 2.83. The fraction of sp³-hybridized carbons (Fsp3) is 0.647. The average molecular weight is 401 g/mol. The monoisotopic (exact) mass is 401 g/mol. The summed E-state index contributed by atoms with van der Waals surface area (Å²) in [7, 11) is 0. The fourth-order valence-corrected chi connectivity index (χ4v) is 2.05. The largest absolute Gasteiger partial charge is 0.460 e. The van der Waals surface area contributed by atoms with Gasteiger partial charge in [-0.2, -0.15) is 0 Å². The Kier molecular flexibility index (Phi) is 7.65. The van der Waals surface area contributed by atoms with Crippen LogP contribution < -0.4 is 0 Å². The molecule has 0 radical (unpaired) electrons. The van der Waals surface area contributed by atoms with Crippen molar-refractivity contribution >= 4 is 35.7 Å². The first-order valence-electron chi connectivity index (χ1n) is 8.47. The van der Waals surface area contributed by atoms with Crippen LogP contribution in [0.25, 0.3) is 0 Å². The Hall–Kier alpha value is -2.98. The van der Waals surface area contributed by atoms with Crippen LogP contribution in [-0.2, 0) is 47.8 Å². The minimum Gasteiger partial charge on any atom is -0.460 e. The molecule has 1 aliphatic rings. The van der Waals surface area contributed by atoms with Gasteiger partial charge in [0.05, 0.1) is 6.42 Å². The Morgan fingerprint density at radius 3 is 2.00 bits per heavy atom. The maximum atomic E-state index is 12.3. The van der Waals surface area contributed by atoms with Crippen molar-refractivity contribution in [3.63, 3.8) is 0 Å². The first-order valence-corrected chi connectivity index (χ1v) is 8.47. The van der Waals surface area contributed by atoms with Crippen LogP contribution in [0.3, 0.4) is 0 Å². The molecule has 1 rings (SSSR count). The molecule has 11 nitrogen and oxygen atoms in total. The number of imide groups is 1. The van der Waals surface area contributed by atoms with Gasteiger partial charge in [0.15, 0.2) is 6.10 Å². The normalized spacial score (nSPS) is 16.2. The molecule has 0 aromatic rings. The van der Waals surface area contributed by atoms with E-state index in [-0.39, 0.29) is 17.9 Å². The lowest BCUT2D eigenvalue weighted by atomic mass is 10.2. The second-order valence-corrected chi connectivity index (χ2v) is 6.96. The van der Waals surface area contributed by atoms with Crippen molar-refractivity contribution < 1.29 is 47.8 Å². The van der Waals surface area contributed by atoms with Crippen LogP contribution in [0, 0.1) is 0 Å². The van der Waals surface area contributed by atoms with Crippen LogP contribution in [0.5, 0.6) is 0 Å². The fourth-order valence-electron chi connectivity index (χ4n) is 2.05. The molecule has 156 valence electrons. The molecule has 2 unspecified atom stereocenters. The van der Waals surface area contributed by atoms with Crippen LogP contribution in [0.2, 0.25) is 0 Å². The van der Waals surface area contributed by atoms with Gasteiger partial charge in [0.2, 0.25) is 6.10 Å². The molecule has 1 fully saturated rings. The van der Waals surface area contributed by atoms with Crippen molar-refractivity contribution in [3.8, 4) is 0 Å². The van der Waals surface area contributed by atoms with E-state index < -0.39 is 59.9 Å². The van der Waals surface area contributed by atoms with E-state index in [0.717, 1.165) is 6.92 Å². The second-order valence-electron chi connectivity index (χ2n) is 6.96. The van der Waals surface area contributed by atoms with Crippen LogP contribution in [-0.4, -0.2) is 58.6 Å². The highest BCUT2D eigenvalue weighted by molar-refractivity contribution is 6.02. The van der Waals surface area contributed by atoms with Gasteiger partial charge in [-0.15, -0.1) is 5.06 Å².